The summed E-state index contributed by atoms with van der Waals surface area (Å²) in [6.07, 6.45) is 5.14. The minimum atomic E-state index is -0.000422. The summed E-state index contributed by atoms with van der Waals surface area (Å²) < 4.78 is 5.06. The van der Waals surface area contributed by atoms with Crippen molar-refractivity contribution in [3.8, 4) is 0 Å². The van der Waals surface area contributed by atoms with Crippen LogP contribution in [-0.4, -0.2) is 48.5 Å². The Hall–Kier alpha value is 0.230. The van der Waals surface area contributed by atoms with E-state index in [2.05, 4.69) is 5.32 Å². The van der Waals surface area contributed by atoms with Gasteiger partial charge >= 0.3 is 0 Å². The molecule has 94 valence electrons. The summed E-state index contributed by atoms with van der Waals surface area (Å²) in [6.45, 7) is 1.09. The lowest BCUT2D eigenvalue weighted by molar-refractivity contribution is 0.157. The van der Waals surface area contributed by atoms with Gasteiger partial charge in [0.2, 0.25) is 0 Å². The van der Waals surface area contributed by atoms with Crippen LogP contribution in [0.25, 0.3) is 0 Å². The van der Waals surface area contributed by atoms with Crippen LogP contribution in [0.15, 0.2) is 0 Å². The highest BCUT2D eigenvalue weighted by molar-refractivity contribution is 7.99. The van der Waals surface area contributed by atoms with E-state index in [0.717, 1.165) is 18.1 Å². The van der Waals surface area contributed by atoms with Crippen LogP contribution in [0, 0.1) is 5.92 Å². The van der Waals surface area contributed by atoms with E-state index in [1.54, 1.807) is 7.11 Å². The molecule has 2 rings (SSSR count). The monoisotopic (exact) mass is 245 g/mol. The maximum absolute atomic E-state index is 9.71. The van der Waals surface area contributed by atoms with Crippen molar-refractivity contribution in [1.29, 1.82) is 0 Å². The predicted molar refractivity (Wildman–Crippen MR) is 67.9 cm³/mol. The van der Waals surface area contributed by atoms with Gasteiger partial charge in [-0.1, -0.05) is 0 Å². The van der Waals surface area contributed by atoms with E-state index >= 15 is 0 Å². The number of hydrogen-bond acceptors (Lipinski definition) is 4. The van der Waals surface area contributed by atoms with Crippen molar-refractivity contribution in [2.45, 2.75) is 37.3 Å². The molecule has 2 saturated carbocycles. The van der Waals surface area contributed by atoms with Gasteiger partial charge in [-0.3, -0.25) is 0 Å². The van der Waals surface area contributed by atoms with Crippen LogP contribution < -0.4 is 5.32 Å². The number of nitrogens with one attached hydrogen (secondary N) is 1. The second-order valence-corrected chi connectivity index (χ2v) is 6.16. The molecule has 0 aromatic carbocycles. The molecule has 0 spiro atoms. The van der Waals surface area contributed by atoms with Gasteiger partial charge in [-0.2, -0.15) is 11.8 Å². The quantitative estimate of drug-likeness (QED) is 0.600. The van der Waals surface area contributed by atoms with E-state index in [1.807, 2.05) is 11.8 Å². The average molecular weight is 245 g/mol. The molecule has 0 amide bonds. The molecule has 2 fully saturated rings. The Morgan fingerprint density at radius 1 is 1.38 bits per heavy atom. The molecule has 2 aliphatic rings. The molecule has 16 heavy (non-hydrogen) atoms. The Kier molecular flexibility index (Phi) is 4.53. The van der Waals surface area contributed by atoms with Crippen molar-refractivity contribution in [2.24, 2.45) is 5.92 Å². The molecule has 1 atom stereocenters. The van der Waals surface area contributed by atoms with Gasteiger partial charge in [-0.25, -0.2) is 0 Å². The zero-order valence-electron chi connectivity index (χ0n) is 10.1. The summed E-state index contributed by atoms with van der Waals surface area (Å²) in [5, 5.41) is 13.4. The van der Waals surface area contributed by atoms with E-state index < -0.39 is 0 Å². The van der Waals surface area contributed by atoms with Crippen molar-refractivity contribution in [3.05, 3.63) is 0 Å². The SMILES string of the molecule is COCCSCC(CO)(NC1CC1)C1CC1. The first-order chi connectivity index (χ1) is 7.80. The van der Waals surface area contributed by atoms with Crippen molar-refractivity contribution < 1.29 is 9.84 Å². The van der Waals surface area contributed by atoms with Crippen LogP contribution in [0.3, 0.4) is 0 Å². The average Bonchev–Trinajstić information content (AvgIpc) is 3.15. The van der Waals surface area contributed by atoms with E-state index in [1.165, 1.54) is 25.7 Å². The number of thioether (sulfide) groups is 1. The minimum absolute atomic E-state index is 0.000422. The third-order valence-electron chi connectivity index (χ3n) is 3.50. The fourth-order valence-corrected chi connectivity index (χ4v) is 3.37. The molecule has 1 unspecified atom stereocenters. The first-order valence-corrected chi connectivity index (χ1v) is 7.41. The molecule has 0 aromatic heterocycles. The first-order valence-electron chi connectivity index (χ1n) is 6.26. The maximum Gasteiger partial charge on any atom is 0.0624 e. The minimum Gasteiger partial charge on any atom is -0.394 e. The molecule has 4 heteroatoms. The molecule has 0 radical (unpaired) electrons. The molecule has 2 aliphatic carbocycles. The number of aliphatic hydroxyl groups is 1. The summed E-state index contributed by atoms with van der Waals surface area (Å²) in [5.74, 6) is 2.75. The van der Waals surface area contributed by atoms with Crippen LogP contribution in [0.2, 0.25) is 0 Å². The fraction of sp³-hybridized carbons (Fsp3) is 1.00. The Morgan fingerprint density at radius 2 is 2.12 bits per heavy atom. The van der Waals surface area contributed by atoms with Gasteiger partial charge < -0.3 is 15.2 Å². The Morgan fingerprint density at radius 3 is 2.62 bits per heavy atom. The third kappa shape index (κ3) is 3.36. The van der Waals surface area contributed by atoms with Gasteiger partial charge in [-0.15, -0.1) is 0 Å². The van der Waals surface area contributed by atoms with E-state index in [9.17, 15) is 5.11 Å². The predicted octanol–water partition coefficient (Wildman–Crippen LogP) is 1.26. The summed E-state index contributed by atoms with van der Waals surface area (Å²) in [6, 6.07) is 0.677. The Balaban J connectivity index is 1.79. The largest absolute Gasteiger partial charge is 0.394 e. The van der Waals surface area contributed by atoms with Gasteiger partial charge in [0.05, 0.1) is 18.8 Å². The van der Waals surface area contributed by atoms with Crippen molar-refractivity contribution in [3.63, 3.8) is 0 Å². The zero-order chi connectivity index (χ0) is 11.4. The standard InChI is InChI=1S/C12H23NO2S/c1-15-6-7-16-9-12(8-14,10-2-3-10)13-11-4-5-11/h10-11,13-14H,2-9H2,1H3. The van der Waals surface area contributed by atoms with Crippen LogP contribution in [0.1, 0.15) is 25.7 Å². The maximum atomic E-state index is 9.71. The number of ether oxygens (including phenoxy) is 1. The van der Waals surface area contributed by atoms with Crippen molar-refractivity contribution >= 4 is 11.8 Å². The Bertz CT molecular complexity index is 219. The van der Waals surface area contributed by atoms with Crippen molar-refractivity contribution in [2.75, 3.05) is 31.8 Å². The molecule has 3 nitrogen and oxygen atoms in total. The van der Waals surface area contributed by atoms with E-state index in [0.29, 0.717) is 12.0 Å². The third-order valence-corrected chi connectivity index (χ3v) is 4.68. The molecule has 0 aliphatic heterocycles. The van der Waals surface area contributed by atoms with Crippen LogP contribution in [-0.2, 0) is 4.74 Å². The van der Waals surface area contributed by atoms with Gasteiger partial charge in [0.15, 0.2) is 0 Å². The summed E-state index contributed by atoms with van der Waals surface area (Å²) in [7, 11) is 1.74. The molecule has 0 heterocycles. The second kappa shape index (κ2) is 5.71. The van der Waals surface area contributed by atoms with Gasteiger partial charge in [0.1, 0.15) is 0 Å². The number of rotatable bonds is 9. The van der Waals surface area contributed by atoms with Gasteiger partial charge in [0, 0.05) is 24.7 Å². The molecule has 0 bridgehead atoms. The van der Waals surface area contributed by atoms with Crippen molar-refractivity contribution in [1.82, 2.24) is 5.32 Å². The van der Waals surface area contributed by atoms with E-state index in [4.69, 9.17) is 4.74 Å². The molecular weight excluding hydrogens is 222 g/mol. The normalized spacial score (nSPS) is 24.4. The smallest absolute Gasteiger partial charge is 0.0624 e. The summed E-state index contributed by atoms with van der Waals surface area (Å²) in [4.78, 5) is 0. The van der Waals surface area contributed by atoms with Gasteiger partial charge in [0.25, 0.3) is 0 Å². The summed E-state index contributed by atoms with van der Waals surface area (Å²) >= 11 is 1.90. The molecular formula is C12H23NO2S. The van der Waals surface area contributed by atoms with Gasteiger partial charge in [-0.05, 0) is 31.6 Å². The summed E-state index contributed by atoms with van der Waals surface area (Å²) in [5.41, 5.74) is -0.000422. The van der Waals surface area contributed by atoms with Crippen LogP contribution in [0.5, 0.6) is 0 Å². The number of hydrogen-bond donors (Lipinski definition) is 2. The lowest BCUT2D eigenvalue weighted by Crippen LogP contribution is -2.54. The fourth-order valence-electron chi connectivity index (χ4n) is 2.16. The topological polar surface area (TPSA) is 41.5 Å². The van der Waals surface area contributed by atoms with E-state index in [-0.39, 0.29) is 12.1 Å². The highest BCUT2D eigenvalue weighted by atomic mass is 32.2. The second-order valence-electron chi connectivity index (χ2n) is 5.05. The lowest BCUT2D eigenvalue weighted by atomic mass is 9.96. The molecule has 2 N–H and O–H groups in total. The molecule has 0 aromatic rings. The Labute approximate surface area is 102 Å². The highest BCUT2D eigenvalue weighted by Gasteiger charge is 2.46. The first kappa shape index (κ1) is 12.7. The van der Waals surface area contributed by atoms with Crippen LogP contribution >= 0.6 is 11.8 Å². The molecule has 0 saturated heterocycles. The number of methoxy groups -OCH3 is 1. The number of aliphatic hydroxyl groups excluding tert-OH is 1. The highest BCUT2D eigenvalue weighted by Crippen LogP contribution is 2.42. The lowest BCUT2D eigenvalue weighted by Gasteiger charge is -2.33. The van der Waals surface area contributed by atoms with Crippen LogP contribution in [0.4, 0.5) is 0 Å². The zero-order valence-corrected chi connectivity index (χ0v) is 10.9.